The van der Waals surface area contributed by atoms with Crippen molar-refractivity contribution < 1.29 is 24.9 Å². The predicted octanol–water partition coefficient (Wildman–Crippen LogP) is 0.815. The van der Waals surface area contributed by atoms with Gasteiger partial charge in [-0.05, 0) is 18.2 Å². The van der Waals surface area contributed by atoms with Gasteiger partial charge in [-0.3, -0.25) is 4.79 Å². The van der Waals surface area contributed by atoms with Crippen LogP contribution in [0.2, 0.25) is 0 Å². The van der Waals surface area contributed by atoms with Crippen LogP contribution in [0.25, 0.3) is 0 Å². The van der Waals surface area contributed by atoms with Gasteiger partial charge in [-0.25, -0.2) is 4.79 Å². The van der Waals surface area contributed by atoms with Gasteiger partial charge in [0.05, 0.1) is 11.7 Å². The number of aliphatic hydroxyl groups is 1. The van der Waals surface area contributed by atoms with Gasteiger partial charge in [0.1, 0.15) is 11.8 Å². The van der Waals surface area contributed by atoms with Crippen molar-refractivity contribution in [3.63, 3.8) is 0 Å². The summed E-state index contributed by atoms with van der Waals surface area (Å²) in [7, 11) is 0. The van der Waals surface area contributed by atoms with Crippen LogP contribution in [0.1, 0.15) is 16.8 Å². The molecule has 1 amide bonds. The van der Waals surface area contributed by atoms with Gasteiger partial charge in [0, 0.05) is 17.4 Å². The van der Waals surface area contributed by atoms with Gasteiger partial charge in [-0.15, -0.1) is 0 Å². The third-order valence-electron chi connectivity index (χ3n) is 3.01. The Morgan fingerprint density at radius 1 is 1.37 bits per heavy atom. The Morgan fingerprint density at radius 3 is 2.68 bits per heavy atom. The lowest BCUT2D eigenvalue weighted by molar-refractivity contribution is -0.141. The predicted molar refractivity (Wildman–Crippen MR) is 68.9 cm³/mol. The van der Waals surface area contributed by atoms with Gasteiger partial charge in [0.2, 0.25) is 0 Å². The number of aliphatic hydroxyl groups excluding tert-OH is 1. The Labute approximate surface area is 117 Å². The number of phenolic OH excluding ortho intramolecular Hbond substituents is 1. The molecule has 2 atom stereocenters. The number of carboxylic acid groups (broad SMARTS) is 1. The first-order valence-electron chi connectivity index (χ1n) is 5.60. The molecule has 1 aliphatic rings. The SMILES string of the molecule is O=C(O)[C@H]1C[C@@H](O)CN1C(=O)c1cc(Br)ccc1O. The van der Waals surface area contributed by atoms with E-state index in [-0.39, 0.29) is 24.3 Å². The molecule has 0 unspecified atom stereocenters. The number of benzene rings is 1. The Kier molecular flexibility index (Phi) is 3.77. The molecule has 1 aromatic rings. The number of hydrogen-bond acceptors (Lipinski definition) is 4. The summed E-state index contributed by atoms with van der Waals surface area (Å²) in [6, 6.07) is 3.27. The Bertz CT molecular complexity index is 533. The van der Waals surface area contributed by atoms with Crippen LogP contribution < -0.4 is 0 Å². The molecule has 102 valence electrons. The van der Waals surface area contributed by atoms with Crippen molar-refractivity contribution in [3.8, 4) is 5.75 Å². The minimum absolute atomic E-state index is 0.00413. The number of β-amino-alcohol motifs (C(OH)–C–C–N with tert-alkyl or cyclic N) is 1. The average Bonchev–Trinajstić information content (AvgIpc) is 2.74. The zero-order valence-corrected chi connectivity index (χ0v) is 11.4. The highest BCUT2D eigenvalue weighted by Crippen LogP contribution is 2.27. The number of hydrogen-bond donors (Lipinski definition) is 3. The standard InChI is InChI=1S/C12H12BrNO5/c13-6-1-2-10(16)8(3-6)11(17)14-5-7(15)4-9(14)12(18)19/h1-3,7,9,15-16H,4-5H2,(H,18,19)/t7-,9-/m1/s1. The topological polar surface area (TPSA) is 98.1 Å². The molecular weight excluding hydrogens is 318 g/mol. The van der Waals surface area contributed by atoms with Crippen molar-refractivity contribution in [3.05, 3.63) is 28.2 Å². The number of nitrogens with zero attached hydrogens (tertiary/aromatic N) is 1. The molecule has 1 heterocycles. The Morgan fingerprint density at radius 2 is 2.05 bits per heavy atom. The number of carbonyl (C=O) groups is 2. The largest absolute Gasteiger partial charge is 0.507 e. The van der Waals surface area contributed by atoms with E-state index in [0.29, 0.717) is 4.47 Å². The molecule has 19 heavy (non-hydrogen) atoms. The molecule has 0 aliphatic carbocycles. The molecule has 0 saturated carbocycles. The fourth-order valence-electron chi connectivity index (χ4n) is 2.11. The summed E-state index contributed by atoms with van der Waals surface area (Å²) in [5, 5.41) is 28.2. The van der Waals surface area contributed by atoms with Gasteiger partial charge < -0.3 is 20.2 Å². The van der Waals surface area contributed by atoms with Gasteiger partial charge in [0.25, 0.3) is 5.91 Å². The number of carboxylic acids is 1. The first-order valence-corrected chi connectivity index (χ1v) is 6.40. The van der Waals surface area contributed by atoms with Crippen LogP contribution in [0, 0.1) is 0 Å². The van der Waals surface area contributed by atoms with E-state index in [1.54, 1.807) is 6.07 Å². The third kappa shape index (κ3) is 2.71. The molecule has 7 heteroatoms. The van der Waals surface area contributed by atoms with Crippen LogP contribution in [-0.2, 0) is 4.79 Å². The molecule has 0 radical (unpaired) electrons. The van der Waals surface area contributed by atoms with Crippen molar-refractivity contribution in [2.75, 3.05) is 6.54 Å². The minimum Gasteiger partial charge on any atom is -0.507 e. The average molecular weight is 330 g/mol. The lowest BCUT2D eigenvalue weighted by Gasteiger charge is -2.21. The van der Waals surface area contributed by atoms with Crippen molar-refractivity contribution in [2.45, 2.75) is 18.6 Å². The summed E-state index contributed by atoms with van der Waals surface area (Å²) >= 11 is 3.18. The van der Waals surface area contributed by atoms with E-state index in [2.05, 4.69) is 15.9 Å². The summed E-state index contributed by atoms with van der Waals surface area (Å²) in [6.07, 6.45) is -0.866. The normalized spacial score (nSPS) is 22.5. The third-order valence-corrected chi connectivity index (χ3v) is 3.51. The van der Waals surface area contributed by atoms with Crippen LogP contribution in [0.5, 0.6) is 5.75 Å². The molecule has 1 aliphatic heterocycles. The van der Waals surface area contributed by atoms with Crippen LogP contribution >= 0.6 is 15.9 Å². The lowest BCUT2D eigenvalue weighted by Crippen LogP contribution is -2.40. The molecule has 2 rings (SSSR count). The molecule has 0 bridgehead atoms. The molecule has 3 N–H and O–H groups in total. The van der Waals surface area contributed by atoms with E-state index in [4.69, 9.17) is 5.11 Å². The number of phenols is 1. The number of carbonyl (C=O) groups excluding carboxylic acids is 1. The van der Waals surface area contributed by atoms with Gasteiger partial charge in [-0.1, -0.05) is 15.9 Å². The monoisotopic (exact) mass is 329 g/mol. The maximum absolute atomic E-state index is 12.3. The first-order chi connectivity index (χ1) is 8.90. The molecule has 6 nitrogen and oxygen atoms in total. The smallest absolute Gasteiger partial charge is 0.326 e. The summed E-state index contributed by atoms with van der Waals surface area (Å²) in [4.78, 5) is 24.4. The number of halogens is 1. The fraction of sp³-hybridized carbons (Fsp3) is 0.333. The highest BCUT2D eigenvalue weighted by molar-refractivity contribution is 9.10. The summed E-state index contributed by atoms with van der Waals surface area (Å²) in [5.74, 6) is -2.00. The van der Waals surface area contributed by atoms with Gasteiger partial charge in [-0.2, -0.15) is 0 Å². The van der Waals surface area contributed by atoms with E-state index in [1.165, 1.54) is 12.1 Å². The number of rotatable bonds is 2. The molecule has 1 fully saturated rings. The molecule has 1 saturated heterocycles. The van der Waals surface area contributed by atoms with Crippen LogP contribution in [0.15, 0.2) is 22.7 Å². The van der Waals surface area contributed by atoms with E-state index in [1.807, 2.05) is 0 Å². The van der Waals surface area contributed by atoms with E-state index >= 15 is 0 Å². The maximum atomic E-state index is 12.3. The van der Waals surface area contributed by atoms with Crippen molar-refractivity contribution in [2.24, 2.45) is 0 Å². The van der Waals surface area contributed by atoms with Crippen LogP contribution in [0.3, 0.4) is 0 Å². The van der Waals surface area contributed by atoms with Crippen LogP contribution in [-0.4, -0.2) is 50.8 Å². The van der Waals surface area contributed by atoms with Gasteiger partial charge in [0.15, 0.2) is 0 Å². The number of aliphatic carboxylic acids is 1. The second kappa shape index (κ2) is 5.18. The van der Waals surface area contributed by atoms with Crippen molar-refractivity contribution >= 4 is 27.8 Å². The summed E-state index contributed by atoms with van der Waals surface area (Å²) in [6.45, 7) is -0.0538. The Balaban J connectivity index is 2.33. The summed E-state index contributed by atoms with van der Waals surface area (Å²) in [5.41, 5.74) is 0.00900. The number of likely N-dealkylation sites (tertiary alicyclic amines) is 1. The quantitative estimate of drug-likeness (QED) is 0.746. The Hall–Kier alpha value is -1.60. The molecule has 1 aromatic carbocycles. The second-order valence-corrected chi connectivity index (χ2v) is 5.28. The van der Waals surface area contributed by atoms with Crippen molar-refractivity contribution in [1.82, 2.24) is 4.90 Å². The number of amides is 1. The van der Waals surface area contributed by atoms with Gasteiger partial charge >= 0.3 is 5.97 Å². The zero-order valence-electron chi connectivity index (χ0n) is 9.78. The molecular formula is C12H12BrNO5. The highest BCUT2D eigenvalue weighted by Gasteiger charge is 2.39. The van der Waals surface area contributed by atoms with E-state index in [0.717, 1.165) is 4.90 Å². The fourth-order valence-corrected chi connectivity index (χ4v) is 2.47. The van der Waals surface area contributed by atoms with Crippen LogP contribution in [0.4, 0.5) is 0 Å². The second-order valence-electron chi connectivity index (χ2n) is 4.36. The highest BCUT2D eigenvalue weighted by atomic mass is 79.9. The van der Waals surface area contributed by atoms with E-state index in [9.17, 15) is 19.8 Å². The maximum Gasteiger partial charge on any atom is 0.326 e. The minimum atomic E-state index is -1.17. The molecule has 0 spiro atoms. The summed E-state index contributed by atoms with van der Waals surface area (Å²) < 4.78 is 0.597. The zero-order chi connectivity index (χ0) is 14.2. The van der Waals surface area contributed by atoms with E-state index < -0.39 is 24.0 Å². The molecule has 0 aromatic heterocycles. The first kappa shape index (κ1) is 13.8. The lowest BCUT2D eigenvalue weighted by atomic mass is 10.1. The number of aromatic hydroxyl groups is 1. The van der Waals surface area contributed by atoms with Crippen molar-refractivity contribution in [1.29, 1.82) is 0 Å².